The van der Waals surface area contributed by atoms with Crippen LogP contribution >= 0.6 is 23.1 Å². The van der Waals surface area contributed by atoms with E-state index >= 15 is 0 Å². The fraction of sp³-hybridized carbons (Fsp3) is 0.500. The molecule has 0 radical (unpaired) electrons. The molecule has 128 valence electrons. The average molecular weight is 365 g/mol. The van der Waals surface area contributed by atoms with Gasteiger partial charge in [0.2, 0.25) is 5.91 Å². The molecule has 6 nitrogen and oxygen atoms in total. The summed E-state index contributed by atoms with van der Waals surface area (Å²) in [6.45, 7) is 5.16. The molecule has 1 aromatic heterocycles. The summed E-state index contributed by atoms with van der Waals surface area (Å²) < 4.78 is 1.55. The molecular weight excluding hydrogens is 346 g/mol. The van der Waals surface area contributed by atoms with Crippen molar-refractivity contribution in [2.24, 2.45) is 5.92 Å². The van der Waals surface area contributed by atoms with Crippen LogP contribution in [0, 0.1) is 16.0 Å². The summed E-state index contributed by atoms with van der Waals surface area (Å²) in [6.07, 6.45) is 2.12. The molecule has 8 heteroatoms. The van der Waals surface area contributed by atoms with E-state index in [-0.39, 0.29) is 11.6 Å². The van der Waals surface area contributed by atoms with Crippen molar-refractivity contribution in [1.82, 2.24) is 9.88 Å². The number of rotatable bonds is 4. The first-order valence-electron chi connectivity index (χ1n) is 7.91. The predicted octanol–water partition coefficient (Wildman–Crippen LogP) is 3.94. The van der Waals surface area contributed by atoms with Crippen LogP contribution in [0.25, 0.3) is 10.2 Å². The van der Waals surface area contributed by atoms with E-state index in [0.29, 0.717) is 17.7 Å². The number of thiazole rings is 1. The third kappa shape index (κ3) is 3.70. The van der Waals surface area contributed by atoms with Gasteiger partial charge in [-0.3, -0.25) is 14.9 Å². The number of thioether (sulfide) groups is 1. The number of carbonyl (C=O) groups is 1. The van der Waals surface area contributed by atoms with E-state index < -0.39 is 4.92 Å². The van der Waals surface area contributed by atoms with Crippen molar-refractivity contribution >= 4 is 44.9 Å². The smallest absolute Gasteiger partial charge is 0.270 e. The van der Waals surface area contributed by atoms with Crippen LogP contribution in [0.5, 0.6) is 0 Å². The number of benzene rings is 1. The lowest BCUT2D eigenvalue weighted by Crippen LogP contribution is -2.44. The highest BCUT2D eigenvalue weighted by molar-refractivity contribution is 8.01. The Morgan fingerprint density at radius 3 is 3.00 bits per heavy atom. The fourth-order valence-corrected chi connectivity index (χ4v) is 5.04. The molecular formula is C16H19N3O3S2. The number of amides is 1. The standard InChI is InChI=1S/C16H19N3O3S2/c1-10-5-6-18(11(2)7-10)15(20)9-23-16-17-13-4-3-12(19(21)22)8-14(13)24-16/h3-4,8,10-11H,5-7,9H2,1-2H3/t10-,11+/m1/s1. The molecule has 0 N–H and O–H groups in total. The van der Waals surface area contributed by atoms with Crippen LogP contribution in [0.2, 0.25) is 0 Å². The van der Waals surface area contributed by atoms with Gasteiger partial charge in [0.25, 0.3) is 5.69 Å². The second kappa shape index (κ2) is 7.06. The van der Waals surface area contributed by atoms with Crippen LogP contribution in [0.3, 0.4) is 0 Å². The molecule has 1 amide bonds. The van der Waals surface area contributed by atoms with E-state index in [9.17, 15) is 14.9 Å². The van der Waals surface area contributed by atoms with Gasteiger partial charge in [0, 0.05) is 24.7 Å². The zero-order valence-corrected chi connectivity index (χ0v) is 15.2. The number of nitrogens with zero attached hydrogens (tertiary/aromatic N) is 3. The highest BCUT2D eigenvalue weighted by atomic mass is 32.2. The zero-order valence-electron chi connectivity index (χ0n) is 13.6. The fourth-order valence-electron chi connectivity index (χ4n) is 3.05. The molecule has 1 aromatic carbocycles. The molecule has 2 aromatic rings. The number of hydrogen-bond acceptors (Lipinski definition) is 6. The van der Waals surface area contributed by atoms with Crippen molar-refractivity contribution in [1.29, 1.82) is 0 Å². The number of aromatic nitrogens is 1. The van der Waals surface area contributed by atoms with Gasteiger partial charge in [-0.25, -0.2) is 4.98 Å². The number of non-ortho nitro benzene ring substituents is 1. The van der Waals surface area contributed by atoms with Gasteiger partial charge in [-0.05, 0) is 31.7 Å². The van der Waals surface area contributed by atoms with E-state index in [1.807, 2.05) is 4.90 Å². The zero-order chi connectivity index (χ0) is 17.3. The Hall–Kier alpha value is -1.67. The van der Waals surface area contributed by atoms with E-state index in [1.165, 1.54) is 35.2 Å². The van der Waals surface area contributed by atoms with Crippen molar-refractivity contribution in [3.8, 4) is 0 Å². The Balaban J connectivity index is 1.65. The lowest BCUT2D eigenvalue weighted by Gasteiger charge is -2.36. The van der Waals surface area contributed by atoms with Crippen LogP contribution in [0.4, 0.5) is 5.69 Å². The molecule has 1 saturated heterocycles. The van der Waals surface area contributed by atoms with Crippen molar-refractivity contribution < 1.29 is 9.72 Å². The second-order valence-corrected chi connectivity index (χ2v) is 8.50. The summed E-state index contributed by atoms with van der Waals surface area (Å²) in [5.41, 5.74) is 0.802. The molecule has 1 fully saturated rings. The molecule has 1 aliphatic heterocycles. The molecule has 0 unspecified atom stereocenters. The number of nitro benzene ring substituents is 1. The number of hydrogen-bond donors (Lipinski definition) is 0. The van der Waals surface area contributed by atoms with Crippen LogP contribution in [-0.4, -0.2) is 39.1 Å². The van der Waals surface area contributed by atoms with E-state index in [0.717, 1.165) is 33.9 Å². The van der Waals surface area contributed by atoms with Gasteiger partial charge < -0.3 is 4.90 Å². The average Bonchev–Trinajstić information content (AvgIpc) is 2.94. The first-order valence-corrected chi connectivity index (χ1v) is 9.71. The minimum Gasteiger partial charge on any atom is -0.339 e. The first-order chi connectivity index (χ1) is 11.4. The van der Waals surface area contributed by atoms with Gasteiger partial charge in [-0.1, -0.05) is 18.7 Å². The number of nitro groups is 1. The molecule has 0 spiro atoms. The van der Waals surface area contributed by atoms with Gasteiger partial charge in [0.05, 0.1) is 20.9 Å². The van der Waals surface area contributed by atoms with Crippen LogP contribution in [0.15, 0.2) is 22.5 Å². The van der Waals surface area contributed by atoms with E-state index in [1.54, 1.807) is 6.07 Å². The number of piperidine rings is 1. The summed E-state index contributed by atoms with van der Waals surface area (Å²) in [7, 11) is 0. The van der Waals surface area contributed by atoms with E-state index in [4.69, 9.17) is 0 Å². The molecule has 24 heavy (non-hydrogen) atoms. The lowest BCUT2D eigenvalue weighted by molar-refractivity contribution is -0.384. The summed E-state index contributed by atoms with van der Waals surface area (Å²) in [4.78, 5) is 29.3. The van der Waals surface area contributed by atoms with Crippen LogP contribution in [-0.2, 0) is 4.79 Å². The summed E-state index contributed by atoms with van der Waals surface area (Å²) >= 11 is 2.81. The van der Waals surface area contributed by atoms with Gasteiger partial charge in [0.15, 0.2) is 4.34 Å². The van der Waals surface area contributed by atoms with Crippen LogP contribution in [0.1, 0.15) is 26.7 Å². The quantitative estimate of drug-likeness (QED) is 0.466. The Morgan fingerprint density at radius 1 is 1.50 bits per heavy atom. The molecule has 0 bridgehead atoms. The molecule has 2 atom stereocenters. The number of carbonyl (C=O) groups excluding carboxylic acids is 1. The topological polar surface area (TPSA) is 76.3 Å². The maximum atomic E-state index is 12.4. The predicted molar refractivity (Wildman–Crippen MR) is 96.6 cm³/mol. The van der Waals surface area contributed by atoms with Crippen molar-refractivity contribution in [3.63, 3.8) is 0 Å². The summed E-state index contributed by atoms with van der Waals surface area (Å²) in [6, 6.07) is 4.94. The van der Waals surface area contributed by atoms with Crippen molar-refractivity contribution in [2.75, 3.05) is 12.3 Å². The Kier molecular flexibility index (Phi) is 5.05. The first kappa shape index (κ1) is 17.2. The Morgan fingerprint density at radius 2 is 2.29 bits per heavy atom. The number of likely N-dealkylation sites (tertiary alicyclic amines) is 1. The SMILES string of the molecule is C[C@@H]1CCN(C(=O)CSc2nc3ccc([N+](=O)[O-])cc3s2)[C@@H](C)C1. The third-order valence-corrected chi connectivity index (χ3v) is 6.49. The monoisotopic (exact) mass is 365 g/mol. The van der Waals surface area contributed by atoms with Crippen molar-refractivity contribution in [3.05, 3.63) is 28.3 Å². The summed E-state index contributed by atoms with van der Waals surface area (Å²) in [5.74, 6) is 1.18. The Labute approximate surface area is 148 Å². The van der Waals surface area contributed by atoms with Gasteiger partial charge in [0.1, 0.15) is 0 Å². The largest absolute Gasteiger partial charge is 0.339 e. The highest BCUT2D eigenvalue weighted by Gasteiger charge is 2.26. The molecule has 1 aliphatic rings. The van der Waals surface area contributed by atoms with Gasteiger partial charge >= 0.3 is 0 Å². The Bertz CT molecular complexity index is 777. The lowest BCUT2D eigenvalue weighted by atomic mass is 9.93. The van der Waals surface area contributed by atoms with Gasteiger partial charge in [-0.15, -0.1) is 11.3 Å². The number of fused-ring (bicyclic) bond motifs is 1. The maximum Gasteiger partial charge on any atom is 0.270 e. The highest BCUT2D eigenvalue weighted by Crippen LogP contribution is 2.32. The normalized spacial score (nSPS) is 21.2. The molecule has 3 rings (SSSR count). The second-order valence-electron chi connectivity index (χ2n) is 6.24. The summed E-state index contributed by atoms with van der Waals surface area (Å²) in [5, 5.41) is 10.8. The van der Waals surface area contributed by atoms with Gasteiger partial charge in [-0.2, -0.15) is 0 Å². The third-order valence-electron chi connectivity index (χ3n) is 4.34. The minimum absolute atomic E-state index is 0.0648. The molecule has 2 heterocycles. The minimum atomic E-state index is -0.408. The van der Waals surface area contributed by atoms with E-state index in [2.05, 4.69) is 18.8 Å². The maximum absolute atomic E-state index is 12.4. The molecule has 0 saturated carbocycles. The van der Waals surface area contributed by atoms with Crippen LogP contribution < -0.4 is 0 Å². The van der Waals surface area contributed by atoms with Crippen molar-refractivity contribution in [2.45, 2.75) is 37.1 Å². The molecule has 0 aliphatic carbocycles.